The summed E-state index contributed by atoms with van der Waals surface area (Å²) in [5, 5.41) is 9.26. The summed E-state index contributed by atoms with van der Waals surface area (Å²) in [6, 6.07) is 8.12. The first-order valence-electron chi connectivity index (χ1n) is 7.95. The van der Waals surface area contributed by atoms with Crippen molar-refractivity contribution in [1.29, 1.82) is 0 Å². The summed E-state index contributed by atoms with van der Waals surface area (Å²) in [6.45, 7) is 0.550. The molecule has 0 spiro atoms. The lowest BCUT2D eigenvalue weighted by atomic mass is 10.2. The summed E-state index contributed by atoms with van der Waals surface area (Å²) in [5.74, 6) is -1.32. The molecule has 1 N–H and O–H groups in total. The normalized spacial score (nSPS) is 11.5. The van der Waals surface area contributed by atoms with E-state index in [1.165, 1.54) is 39.5 Å². The first-order valence-corrected chi connectivity index (χ1v) is 8.33. The maximum Gasteiger partial charge on any atom is 0.387 e. The van der Waals surface area contributed by atoms with Crippen LogP contribution in [0.25, 0.3) is 16.7 Å². The predicted molar refractivity (Wildman–Crippen MR) is 96.5 cm³/mol. The van der Waals surface area contributed by atoms with Crippen molar-refractivity contribution in [2.45, 2.75) is 26.5 Å². The zero-order valence-electron chi connectivity index (χ0n) is 14.3. The highest BCUT2D eigenvalue weighted by molar-refractivity contribution is 6.34. The minimum absolute atomic E-state index is 0.0374. The fourth-order valence-electron chi connectivity index (χ4n) is 2.95. The van der Waals surface area contributed by atoms with E-state index in [1.807, 2.05) is 0 Å². The van der Waals surface area contributed by atoms with Crippen LogP contribution in [0.2, 0.25) is 5.02 Å². The van der Waals surface area contributed by atoms with Crippen LogP contribution in [0, 0.1) is 0 Å². The van der Waals surface area contributed by atoms with Gasteiger partial charge in [-0.3, -0.25) is 9.13 Å². The van der Waals surface area contributed by atoms with Crippen molar-refractivity contribution in [2.24, 2.45) is 0 Å². The molecule has 27 heavy (non-hydrogen) atoms. The highest BCUT2D eigenvalue weighted by atomic mass is 35.5. The van der Waals surface area contributed by atoms with E-state index in [2.05, 4.69) is 4.74 Å². The number of nitrogens with zero attached hydrogens (tertiary/aromatic N) is 2. The summed E-state index contributed by atoms with van der Waals surface area (Å²) >= 11 is 6.07. The molecule has 0 bridgehead atoms. The van der Waals surface area contributed by atoms with Gasteiger partial charge in [0.1, 0.15) is 5.75 Å². The molecule has 1 heterocycles. The smallest absolute Gasteiger partial charge is 0.387 e. The second-order valence-electron chi connectivity index (χ2n) is 6.08. The van der Waals surface area contributed by atoms with Gasteiger partial charge in [0.15, 0.2) is 0 Å². The van der Waals surface area contributed by atoms with E-state index in [1.54, 1.807) is 19.9 Å². The van der Waals surface area contributed by atoms with Crippen LogP contribution in [-0.2, 0) is 0 Å². The van der Waals surface area contributed by atoms with Gasteiger partial charge in [-0.25, -0.2) is 9.59 Å². The number of imidazole rings is 1. The molecule has 0 unspecified atom stereocenters. The zero-order chi connectivity index (χ0) is 19.9. The number of alkyl halides is 2. The molecule has 1 aromatic heterocycles. The molecule has 0 aliphatic heterocycles. The molecule has 142 valence electrons. The van der Waals surface area contributed by atoms with Gasteiger partial charge in [0.05, 0.1) is 27.3 Å². The van der Waals surface area contributed by atoms with E-state index in [-0.39, 0.29) is 22.4 Å². The molecule has 0 amide bonds. The molecule has 0 saturated heterocycles. The number of carboxylic acids is 1. The van der Waals surface area contributed by atoms with Gasteiger partial charge >= 0.3 is 18.3 Å². The Morgan fingerprint density at radius 1 is 1.19 bits per heavy atom. The van der Waals surface area contributed by atoms with E-state index in [0.29, 0.717) is 16.7 Å². The van der Waals surface area contributed by atoms with Gasteiger partial charge in [0.2, 0.25) is 0 Å². The quantitative estimate of drug-likeness (QED) is 0.696. The fourth-order valence-corrected chi connectivity index (χ4v) is 3.19. The van der Waals surface area contributed by atoms with Gasteiger partial charge in [-0.1, -0.05) is 17.7 Å². The maximum atomic E-state index is 13.0. The lowest BCUT2D eigenvalue weighted by molar-refractivity contribution is -0.0498. The van der Waals surface area contributed by atoms with Crippen LogP contribution in [0.4, 0.5) is 8.78 Å². The van der Waals surface area contributed by atoms with Crippen molar-refractivity contribution >= 4 is 28.6 Å². The molecule has 9 heteroatoms. The molecule has 0 saturated carbocycles. The Balaban J connectivity index is 2.34. The minimum atomic E-state index is -3.00. The number of aromatic nitrogens is 2. The van der Waals surface area contributed by atoms with Crippen molar-refractivity contribution < 1.29 is 23.4 Å². The molecule has 0 fully saturated rings. The van der Waals surface area contributed by atoms with Crippen LogP contribution in [0.3, 0.4) is 0 Å². The lowest BCUT2D eigenvalue weighted by Gasteiger charge is -2.08. The topological polar surface area (TPSA) is 73.5 Å². The molecule has 2 aromatic carbocycles. The summed E-state index contributed by atoms with van der Waals surface area (Å²) < 4.78 is 32.1. The lowest BCUT2D eigenvalue weighted by Crippen LogP contribution is -2.24. The van der Waals surface area contributed by atoms with Gasteiger partial charge in [0.25, 0.3) is 0 Å². The van der Waals surface area contributed by atoms with Crippen LogP contribution in [0.5, 0.6) is 5.75 Å². The second kappa shape index (κ2) is 7.03. The zero-order valence-corrected chi connectivity index (χ0v) is 15.1. The summed E-state index contributed by atoms with van der Waals surface area (Å²) in [5.41, 5.74) is 0.440. The molecular weight excluding hydrogens is 382 g/mol. The first-order chi connectivity index (χ1) is 12.7. The minimum Gasteiger partial charge on any atom is -0.478 e. The summed E-state index contributed by atoms with van der Waals surface area (Å²) in [7, 11) is 0. The van der Waals surface area contributed by atoms with E-state index < -0.39 is 18.3 Å². The number of fused-ring (bicyclic) bond motifs is 1. The van der Waals surface area contributed by atoms with E-state index >= 15 is 0 Å². The van der Waals surface area contributed by atoms with E-state index in [0.717, 1.165) is 0 Å². The van der Waals surface area contributed by atoms with Gasteiger partial charge in [-0.2, -0.15) is 8.78 Å². The van der Waals surface area contributed by atoms with E-state index in [4.69, 9.17) is 11.6 Å². The van der Waals surface area contributed by atoms with Crippen LogP contribution in [0.1, 0.15) is 30.2 Å². The van der Waals surface area contributed by atoms with Crippen LogP contribution in [-0.4, -0.2) is 26.8 Å². The van der Waals surface area contributed by atoms with Crippen molar-refractivity contribution in [2.75, 3.05) is 0 Å². The Bertz CT molecular complexity index is 1090. The Morgan fingerprint density at radius 3 is 2.48 bits per heavy atom. The van der Waals surface area contributed by atoms with Gasteiger partial charge in [-0.05, 0) is 38.1 Å². The van der Waals surface area contributed by atoms with Gasteiger partial charge in [0, 0.05) is 12.1 Å². The highest BCUT2D eigenvalue weighted by Crippen LogP contribution is 2.28. The Hall–Kier alpha value is -2.87. The number of halogens is 3. The second-order valence-corrected chi connectivity index (χ2v) is 6.49. The van der Waals surface area contributed by atoms with Crippen LogP contribution < -0.4 is 10.4 Å². The van der Waals surface area contributed by atoms with Crippen LogP contribution in [0.15, 0.2) is 41.2 Å². The summed E-state index contributed by atoms with van der Waals surface area (Å²) in [6.07, 6.45) is 0. The Morgan fingerprint density at radius 2 is 1.89 bits per heavy atom. The predicted octanol–water partition coefficient (Wildman–Crippen LogP) is 4.33. The third-order valence-electron chi connectivity index (χ3n) is 4.01. The third-order valence-corrected chi connectivity index (χ3v) is 4.32. The standard InChI is InChI=1S/C18H15ClF2N2O4/c1-9(2)22-14-7-12(16(24)25)13(19)8-15(14)23(18(22)26)10-4-3-5-11(6-10)27-17(20)21/h3-9,17H,1-2H3,(H,24,25). The van der Waals surface area contributed by atoms with Crippen molar-refractivity contribution in [3.05, 3.63) is 57.5 Å². The summed E-state index contributed by atoms with van der Waals surface area (Å²) in [4.78, 5) is 24.4. The molecule has 0 aliphatic carbocycles. The number of hydrogen-bond acceptors (Lipinski definition) is 3. The van der Waals surface area contributed by atoms with Gasteiger partial charge < -0.3 is 9.84 Å². The maximum absolute atomic E-state index is 13.0. The molecule has 0 atom stereocenters. The molecule has 0 radical (unpaired) electrons. The monoisotopic (exact) mass is 396 g/mol. The third kappa shape index (κ3) is 3.40. The van der Waals surface area contributed by atoms with Gasteiger partial charge in [-0.15, -0.1) is 0 Å². The number of ether oxygens (including phenoxy) is 1. The number of hydrogen-bond donors (Lipinski definition) is 1. The number of carbonyl (C=O) groups is 1. The van der Waals surface area contributed by atoms with E-state index in [9.17, 15) is 23.5 Å². The molecule has 6 nitrogen and oxygen atoms in total. The first kappa shape index (κ1) is 18.9. The molecule has 3 aromatic rings. The van der Waals surface area contributed by atoms with Crippen LogP contribution >= 0.6 is 11.6 Å². The molecular formula is C18H15ClF2N2O4. The highest BCUT2D eigenvalue weighted by Gasteiger charge is 2.21. The number of carboxylic acid groups (broad SMARTS) is 1. The van der Waals surface area contributed by atoms with Crippen molar-refractivity contribution in [3.8, 4) is 11.4 Å². The number of aromatic carboxylic acids is 1. The Labute approximate surface area is 157 Å². The number of rotatable bonds is 5. The fraction of sp³-hybridized carbons (Fsp3) is 0.222. The molecule has 3 rings (SSSR count). The Kier molecular flexibility index (Phi) is 4.93. The average molecular weight is 397 g/mol. The number of benzene rings is 2. The van der Waals surface area contributed by atoms with Crippen molar-refractivity contribution in [3.63, 3.8) is 0 Å². The molecule has 0 aliphatic rings. The largest absolute Gasteiger partial charge is 0.478 e. The SMILES string of the molecule is CC(C)n1c(=O)n(-c2cccc(OC(F)F)c2)c2cc(Cl)c(C(=O)O)cc21. The van der Waals surface area contributed by atoms with Crippen molar-refractivity contribution in [1.82, 2.24) is 9.13 Å². The average Bonchev–Trinajstić information content (AvgIpc) is 2.84.